The molecule has 0 aliphatic carbocycles. The lowest BCUT2D eigenvalue weighted by atomic mass is 10.1. The van der Waals surface area contributed by atoms with Crippen LogP contribution < -0.4 is 31.9 Å². The van der Waals surface area contributed by atoms with Gasteiger partial charge in [0.25, 0.3) is 5.91 Å². The molecule has 0 unspecified atom stereocenters. The molecule has 0 spiro atoms. The summed E-state index contributed by atoms with van der Waals surface area (Å²) in [6.07, 6.45) is -1.78. The quantitative estimate of drug-likeness (QED) is 0.139. The van der Waals surface area contributed by atoms with E-state index in [0.717, 1.165) is 22.3 Å². The van der Waals surface area contributed by atoms with Crippen molar-refractivity contribution in [2.45, 2.75) is 83.6 Å². The highest BCUT2D eigenvalue weighted by molar-refractivity contribution is 6.36. The van der Waals surface area contributed by atoms with E-state index in [4.69, 9.17) is 16.4 Å². The molecule has 3 rings (SSSR count). The zero-order valence-electron chi connectivity index (χ0n) is 28.8. The summed E-state index contributed by atoms with van der Waals surface area (Å²) in [6, 6.07) is -3.91. The third-order valence-corrected chi connectivity index (χ3v) is 9.07. The number of carbonyl (C=O) groups excluding carboxylic acids is 9. The van der Waals surface area contributed by atoms with Gasteiger partial charge in [0.2, 0.25) is 53.5 Å². The molecule has 6 N–H and O–H groups in total. The summed E-state index contributed by atoms with van der Waals surface area (Å²) in [5.74, 6) is -6.74. The fraction of sp³-hybridized carbons (Fsp3) is 0.679. The SMILES string of the molecule is CO[C@H]1NC(=O)CNC(=O)[C@@H]2CCCN(C(C)=O)[O][Al]3[O]N(C(C)=O)CCC[C@H](NC(=O)CNC1=O)C(=O)N[C@H](CCCN(C(C)=O)[O]3)C(=O)N2. The minimum absolute atomic E-state index is 0.0230. The number of nitrogens with zero attached hydrogens (tertiary/aromatic N) is 3. The summed E-state index contributed by atoms with van der Waals surface area (Å²) in [6.45, 7) is 1.79. The van der Waals surface area contributed by atoms with Gasteiger partial charge in [0.1, 0.15) is 18.1 Å². The van der Waals surface area contributed by atoms with Crippen LogP contribution in [0.3, 0.4) is 0 Å². The Morgan fingerprint density at radius 2 is 0.961 bits per heavy atom. The van der Waals surface area contributed by atoms with Crippen molar-refractivity contribution < 1.29 is 59.6 Å². The van der Waals surface area contributed by atoms with Gasteiger partial charge in [-0.15, -0.1) is 0 Å². The average molecular weight is 742 g/mol. The highest BCUT2D eigenvalue weighted by atomic mass is 27.3. The summed E-state index contributed by atoms with van der Waals surface area (Å²) in [5.41, 5.74) is 0. The molecular weight excluding hydrogens is 697 g/mol. The largest absolute Gasteiger partial charge is 0.975 e. The summed E-state index contributed by atoms with van der Waals surface area (Å²) < 4.78 is 22.5. The minimum Gasteiger partial charge on any atom is -0.353 e. The molecule has 0 aromatic rings. The second-order valence-corrected chi connectivity index (χ2v) is 13.0. The van der Waals surface area contributed by atoms with E-state index < -0.39 is 106 Å². The van der Waals surface area contributed by atoms with Gasteiger partial charge < -0.3 is 48.3 Å². The first-order valence-electron chi connectivity index (χ1n) is 16.3. The molecule has 23 heteroatoms. The molecule has 9 amide bonds. The highest BCUT2D eigenvalue weighted by Gasteiger charge is 2.44. The van der Waals surface area contributed by atoms with E-state index >= 15 is 0 Å². The standard InChI is InChI=1S/C28H44N9O13.Al/c1-16(38)35(47)11-5-8-19-24(43)29-15-23(42)34-28(50-4)27(46)30-14-22(41)31-20(9-6-12-36(48)17(2)39)25(44)33-21(26(45)32-19)10-7-13-37(49)18(3)40;/h19-21,28H,5-15H2,1-4H3,(H,29,43)(H,30,46)(H,31,41)(H,32,45)(H,33,44)(H,34,42);/q-3;+3/t19-,20-,21+,28+;/m0./s1. The molecular formula is C28H44AlN9O13. The van der Waals surface area contributed by atoms with E-state index in [9.17, 15) is 43.2 Å². The highest BCUT2D eigenvalue weighted by Crippen LogP contribution is 2.14. The number of hydrogen-bond donors (Lipinski definition) is 6. The van der Waals surface area contributed by atoms with Crippen LogP contribution >= 0.6 is 0 Å². The van der Waals surface area contributed by atoms with E-state index in [1.165, 1.54) is 20.8 Å². The molecule has 4 bridgehead atoms. The van der Waals surface area contributed by atoms with Gasteiger partial charge in [-0.25, -0.2) is 15.2 Å². The molecule has 3 saturated heterocycles. The van der Waals surface area contributed by atoms with Crippen molar-refractivity contribution in [1.82, 2.24) is 47.1 Å². The molecule has 0 radical (unpaired) electrons. The van der Waals surface area contributed by atoms with Gasteiger partial charge in [0.05, 0.1) is 13.1 Å². The van der Waals surface area contributed by atoms with Crippen LogP contribution in [0.1, 0.15) is 59.3 Å². The van der Waals surface area contributed by atoms with Crippen LogP contribution in [0.5, 0.6) is 0 Å². The molecule has 22 nitrogen and oxygen atoms in total. The van der Waals surface area contributed by atoms with E-state index in [1.807, 2.05) is 0 Å². The number of nitrogens with one attached hydrogen (secondary N) is 6. The van der Waals surface area contributed by atoms with Crippen LogP contribution in [0.15, 0.2) is 0 Å². The van der Waals surface area contributed by atoms with Gasteiger partial charge in [-0.1, -0.05) is 0 Å². The summed E-state index contributed by atoms with van der Waals surface area (Å²) in [4.78, 5) is 117. The average Bonchev–Trinajstić information content (AvgIpc) is 3.07. The molecule has 0 aromatic heterocycles. The third-order valence-electron chi connectivity index (χ3n) is 7.79. The molecule has 3 fully saturated rings. The Bertz CT molecular complexity index is 1350. The Kier molecular flexibility index (Phi) is 16.0. The molecule has 3 heterocycles. The maximum atomic E-state index is 13.8. The van der Waals surface area contributed by atoms with Crippen molar-refractivity contribution in [3.05, 3.63) is 0 Å². The van der Waals surface area contributed by atoms with E-state index in [-0.39, 0.29) is 58.2 Å². The lowest BCUT2D eigenvalue weighted by molar-refractivity contribution is -0.212. The van der Waals surface area contributed by atoms with Crippen molar-refractivity contribution in [3.63, 3.8) is 0 Å². The number of amides is 9. The smallest absolute Gasteiger partial charge is 0.353 e. The van der Waals surface area contributed by atoms with E-state index in [2.05, 4.69) is 31.9 Å². The Hall–Kier alpha value is -4.40. The van der Waals surface area contributed by atoms with Gasteiger partial charge in [-0.3, -0.25) is 43.2 Å². The molecule has 4 atom stereocenters. The minimum atomic E-state index is -3.65. The summed E-state index contributed by atoms with van der Waals surface area (Å²) in [5, 5.41) is 17.3. The number of fused-ring (bicyclic) bond motifs is 9. The molecule has 51 heavy (non-hydrogen) atoms. The second kappa shape index (κ2) is 19.9. The molecule has 0 saturated carbocycles. The van der Waals surface area contributed by atoms with Crippen LogP contribution in [0, 0.1) is 0 Å². The molecule has 282 valence electrons. The first-order valence-corrected chi connectivity index (χ1v) is 17.7. The van der Waals surface area contributed by atoms with Crippen molar-refractivity contribution in [3.8, 4) is 0 Å². The first kappa shape index (κ1) is 41.0. The van der Waals surface area contributed by atoms with Crippen molar-refractivity contribution in [2.24, 2.45) is 0 Å². The monoisotopic (exact) mass is 741 g/mol. The van der Waals surface area contributed by atoms with Crippen molar-refractivity contribution in [1.29, 1.82) is 0 Å². The number of methoxy groups -OCH3 is 1. The lowest BCUT2D eigenvalue weighted by Gasteiger charge is -2.30. The predicted molar refractivity (Wildman–Crippen MR) is 170 cm³/mol. The Morgan fingerprint density at radius 1 is 0.588 bits per heavy atom. The number of hydroxylamine groups is 6. The Balaban J connectivity index is 2.13. The Morgan fingerprint density at radius 3 is 1.37 bits per heavy atom. The summed E-state index contributed by atoms with van der Waals surface area (Å²) in [7, 11) is 1.13. The number of hydrogen-bond acceptors (Lipinski definition) is 13. The van der Waals surface area contributed by atoms with Crippen LogP contribution in [0.25, 0.3) is 0 Å². The van der Waals surface area contributed by atoms with Gasteiger partial charge in [-0.05, 0) is 38.5 Å². The number of rotatable bonds is 1. The normalized spacial score (nSPS) is 25.9. The summed E-state index contributed by atoms with van der Waals surface area (Å²) >= 11 is -3.65. The fourth-order valence-corrected chi connectivity index (χ4v) is 6.62. The first-order chi connectivity index (χ1) is 24.2. The zero-order valence-corrected chi connectivity index (χ0v) is 30.0. The lowest BCUT2D eigenvalue weighted by Crippen LogP contribution is -2.58. The molecule has 3 aliphatic heterocycles. The Labute approximate surface area is 298 Å². The maximum Gasteiger partial charge on any atom is 0.975 e. The van der Waals surface area contributed by atoms with Gasteiger partial charge >= 0.3 is 15.1 Å². The molecule has 0 aromatic carbocycles. The molecule has 3 aliphatic rings. The number of ether oxygens (including phenoxy) is 1. The van der Waals surface area contributed by atoms with Crippen molar-refractivity contribution >= 4 is 68.3 Å². The zero-order chi connectivity index (χ0) is 37.7. The van der Waals surface area contributed by atoms with E-state index in [0.29, 0.717) is 0 Å². The van der Waals surface area contributed by atoms with Gasteiger partial charge in [0, 0.05) is 47.5 Å². The topological polar surface area (TPSA) is 272 Å². The van der Waals surface area contributed by atoms with Crippen molar-refractivity contribution in [2.75, 3.05) is 39.8 Å². The van der Waals surface area contributed by atoms with Crippen LogP contribution in [-0.4, -0.2) is 148 Å². The second-order valence-electron chi connectivity index (χ2n) is 11.8. The third kappa shape index (κ3) is 13.0. The van der Waals surface area contributed by atoms with Gasteiger partial charge in [-0.2, -0.15) is 0 Å². The van der Waals surface area contributed by atoms with Crippen LogP contribution in [-0.2, 0) is 59.6 Å². The maximum absolute atomic E-state index is 13.8. The van der Waals surface area contributed by atoms with Gasteiger partial charge in [0.15, 0.2) is 0 Å². The fourth-order valence-electron chi connectivity index (χ4n) is 5.12. The number of carbonyl (C=O) groups is 9. The van der Waals surface area contributed by atoms with E-state index in [1.54, 1.807) is 0 Å². The van der Waals surface area contributed by atoms with Crippen LogP contribution in [0.4, 0.5) is 0 Å². The van der Waals surface area contributed by atoms with Crippen LogP contribution in [0.2, 0.25) is 0 Å². The predicted octanol–water partition coefficient (Wildman–Crippen LogP) is -4.53.